The van der Waals surface area contributed by atoms with Crippen molar-refractivity contribution >= 4 is 29.0 Å². The second kappa shape index (κ2) is 7.79. The van der Waals surface area contributed by atoms with Gasteiger partial charge in [0.05, 0.1) is 0 Å². The Kier molecular flexibility index (Phi) is 4.69. The molecule has 0 bridgehead atoms. The fourth-order valence-corrected chi connectivity index (χ4v) is 3.27. The number of carbonyl (C=O) groups excluding carboxylic acids is 1. The summed E-state index contributed by atoms with van der Waals surface area (Å²) in [6.07, 6.45) is 4.29. The van der Waals surface area contributed by atoms with E-state index in [1.165, 1.54) is 6.21 Å². The average Bonchev–Trinajstić information content (AvgIpc) is 3.25. The summed E-state index contributed by atoms with van der Waals surface area (Å²) in [6, 6.07) is 17.3. The maximum Gasteiger partial charge on any atom is 0.284 e. The van der Waals surface area contributed by atoms with Crippen molar-refractivity contribution in [2.75, 3.05) is 13.4 Å². The van der Waals surface area contributed by atoms with Crippen LogP contribution in [0.2, 0.25) is 0 Å². The number of carbonyl (C=O) groups is 1. The van der Waals surface area contributed by atoms with Gasteiger partial charge in [0.15, 0.2) is 23.0 Å². The van der Waals surface area contributed by atoms with Crippen LogP contribution in [0.3, 0.4) is 0 Å². The minimum atomic E-state index is -0.770. The van der Waals surface area contributed by atoms with Crippen LogP contribution >= 0.6 is 0 Å². The van der Waals surface area contributed by atoms with Gasteiger partial charge >= 0.3 is 0 Å². The van der Waals surface area contributed by atoms with Gasteiger partial charge in [-0.1, -0.05) is 36.4 Å². The highest BCUT2D eigenvalue weighted by Gasteiger charge is 2.27. The maximum absolute atomic E-state index is 12.3. The second-order valence-corrected chi connectivity index (χ2v) is 6.79. The van der Waals surface area contributed by atoms with Gasteiger partial charge in [0.25, 0.3) is 5.91 Å². The van der Waals surface area contributed by atoms with E-state index in [1.54, 1.807) is 6.08 Å². The molecule has 5 rings (SSSR count). The number of hydrazone groups is 1. The molecule has 0 aromatic heterocycles. The fraction of sp³-hybridized carbons (Fsp3) is 0.130. The lowest BCUT2D eigenvalue weighted by atomic mass is 10.1. The standard InChI is InChI=1S/C23H18N2O5/c26-23(25-24-9-3-4-15-7-8-18-19(10-15)29-14-28-18)22-13-27-20-11-16-5-1-2-6-17(16)12-21(20)30-22/h1-12,22H,13-14H2,(H,25,26)/b4-3+,24-9+/t22-/m0/s1. The number of hydrogen-bond acceptors (Lipinski definition) is 6. The molecule has 3 aromatic carbocycles. The molecule has 3 aromatic rings. The van der Waals surface area contributed by atoms with E-state index in [9.17, 15) is 4.79 Å². The summed E-state index contributed by atoms with van der Waals surface area (Å²) in [5, 5.41) is 6.02. The van der Waals surface area contributed by atoms with Crippen molar-refractivity contribution in [2.24, 2.45) is 5.10 Å². The summed E-state index contributed by atoms with van der Waals surface area (Å²) in [7, 11) is 0. The first-order valence-corrected chi connectivity index (χ1v) is 9.48. The Morgan fingerprint density at radius 3 is 2.57 bits per heavy atom. The van der Waals surface area contributed by atoms with Crippen LogP contribution in [0.25, 0.3) is 16.8 Å². The van der Waals surface area contributed by atoms with Crippen molar-refractivity contribution in [3.05, 3.63) is 66.2 Å². The van der Waals surface area contributed by atoms with Crippen LogP contribution in [0.4, 0.5) is 0 Å². The Labute approximate surface area is 172 Å². The topological polar surface area (TPSA) is 78.4 Å². The Balaban J connectivity index is 1.18. The first-order chi connectivity index (χ1) is 14.8. The number of nitrogens with one attached hydrogen (secondary N) is 1. The molecule has 1 atom stereocenters. The zero-order valence-corrected chi connectivity index (χ0v) is 15.9. The van der Waals surface area contributed by atoms with E-state index in [1.807, 2.05) is 60.7 Å². The third-order valence-corrected chi connectivity index (χ3v) is 4.78. The summed E-state index contributed by atoms with van der Waals surface area (Å²) in [5.41, 5.74) is 3.41. The molecule has 0 unspecified atom stereocenters. The van der Waals surface area contributed by atoms with Crippen LogP contribution in [0.15, 0.2) is 65.8 Å². The van der Waals surface area contributed by atoms with Gasteiger partial charge in [-0.05, 0) is 46.7 Å². The van der Waals surface area contributed by atoms with E-state index in [0.29, 0.717) is 17.2 Å². The first-order valence-electron chi connectivity index (χ1n) is 9.48. The molecule has 7 heteroatoms. The second-order valence-electron chi connectivity index (χ2n) is 6.79. The van der Waals surface area contributed by atoms with E-state index in [0.717, 1.165) is 22.1 Å². The predicted octanol–water partition coefficient (Wildman–Crippen LogP) is 3.52. The van der Waals surface area contributed by atoms with Gasteiger partial charge in [-0.25, -0.2) is 5.43 Å². The van der Waals surface area contributed by atoms with Crippen molar-refractivity contribution in [1.29, 1.82) is 0 Å². The van der Waals surface area contributed by atoms with Crippen molar-refractivity contribution in [3.8, 4) is 23.0 Å². The highest BCUT2D eigenvalue weighted by molar-refractivity contribution is 5.87. The number of allylic oxidation sites excluding steroid dienone is 1. The summed E-state index contributed by atoms with van der Waals surface area (Å²) in [4.78, 5) is 12.3. The van der Waals surface area contributed by atoms with Gasteiger partial charge in [0, 0.05) is 6.21 Å². The van der Waals surface area contributed by atoms with Gasteiger partial charge in [-0.15, -0.1) is 0 Å². The third-order valence-electron chi connectivity index (χ3n) is 4.78. The van der Waals surface area contributed by atoms with E-state index in [-0.39, 0.29) is 19.3 Å². The minimum Gasteiger partial charge on any atom is -0.485 e. The SMILES string of the molecule is O=C(N/N=C/C=C/c1ccc2c(c1)OCO2)[C@@H]1COc2cc3ccccc3cc2O1. The van der Waals surface area contributed by atoms with Crippen LogP contribution in [0.1, 0.15) is 5.56 Å². The Morgan fingerprint density at radius 1 is 0.933 bits per heavy atom. The Morgan fingerprint density at radius 2 is 1.70 bits per heavy atom. The van der Waals surface area contributed by atoms with Crippen LogP contribution in [0, 0.1) is 0 Å². The molecule has 30 heavy (non-hydrogen) atoms. The molecule has 2 aliphatic rings. The highest BCUT2D eigenvalue weighted by Crippen LogP contribution is 2.36. The minimum absolute atomic E-state index is 0.125. The molecule has 1 N–H and O–H groups in total. The lowest BCUT2D eigenvalue weighted by Crippen LogP contribution is -2.42. The zero-order valence-electron chi connectivity index (χ0n) is 15.9. The predicted molar refractivity (Wildman–Crippen MR) is 112 cm³/mol. The van der Waals surface area contributed by atoms with Gasteiger partial charge in [-0.3, -0.25) is 4.79 Å². The van der Waals surface area contributed by atoms with Crippen LogP contribution in [-0.2, 0) is 4.79 Å². The number of ether oxygens (including phenoxy) is 4. The molecular formula is C23H18N2O5. The maximum atomic E-state index is 12.3. The monoisotopic (exact) mass is 402 g/mol. The molecular weight excluding hydrogens is 384 g/mol. The van der Waals surface area contributed by atoms with Crippen LogP contribution in [0.5, 0.6) is 23.0 Å². The molecule has 0 saturated carbocycles. The van der Waals surface area contributed by atoms with Crippen molar-refractivity contribution < 1.29 is 23.7 Å². The van der Waals surface area contributed by atoms with Crippen molar-refractivity contribution in [2.45, 2.75) is 6.10 Å². The molecule has 150 valence electrons. The van der Waals surface area contributed by atoms with E-state index < -0.39 is 6.10 Å². The number of nitrogens with zero attached hydrogens (tertiary/aromatic N) is 1. The highest BCUT2D eigenvalue weighted by atomic mass is 16.7. The Hall–Kier alpha value is -4.00. The van der Waals surface area contributed by atoms with Crippen LogP contribution in [-0.4, -0.2) is 31.6 Å². The van der Waals surface area contributed by atoms with E-state index >= 15 is 0 Å². The normalized spacial score (nSPS) is 17.0. The Bertz CT molecular complexity index is 1170. The van der Waals surface area contributed by atoms with E-state index in [4.69, 9.17) is 18.9 Å². The summed E-state index contributed by atoms with van der Waals surface area (Å²) in [5.74, 6) is 2.25. The largest absolute Gasteiger partial charge is 0.485 e. The molecule has 0 fully saturated rings. The number of hydrogen-bond donors (Lipinski definition) is 1. The molecule has 0 spiro atoms. The molecule has 1 amide bonds. The average molecular weight is 402 g/mol. The fourth-order valence-electron chi connectivity index (χ4n) is 3.27. The number of amides is 1. The van der Waals surface area contributed by atoms with Gasteiger partial charge in [-0.2, -0.15) is 5.10 Å². The van der Waals surface area contributed by atoms with Gasteiger partial charge in [0.1, 0.15) is 6.61 Å². The van der Waals surface area contributed by atoms with Gasteiger partial charge < -0.3 is 18.9 Å². The summed E-state index contributed by atoms with van der Waals surface area (Å²) >= 11 is 0. The van der Waals surface area contributed by atoms with Crippen molar-refractivity contribution in [3.63, 3.8) is 0 Å². The molecule has 2 aliphatic heterocycles. The number of benzene rings is 3. The molecule has 0 radical (unpaired) electrons. The van der Waals surface area contributed by atoms with Gasteiger partial charge in [0.2, 0.25) is 12.9 Å². The first kappa shape index (κ1) is 18.1. The third kappa shape index (κ3) is 3.65. The zero-order chi connectivity index (χ0) is 20.3. The quantitative estimate of drug-likeness (QED) is 0.534. The van der Waals surface area contributed by atoms with E-state index in [2.05, 4.69) is 10.5 Å². The summed E-state index contributed by atoms with van der Waals surface area (Å²) < 4.78 is 22.2. The number of fused-ring (bicyclic) bond motifs is 3. The molecule has 0 aliphatic carbocycles. The molecule has 7 nitrogen and oxygen atoms in total. The number of rotatable bonds is 4. The smallest absolute Gasteiger partial charge is 0.284 e. The summed E-state index contributed by atoms with van der Waals surface area (Å²) in [6.45, 7) is 0.364. The van der Waals surface area contributed by atoms with Crippen LogP contribution < -0.4 is 24.4 Å². The molecule has 0 saturated heterocycles. The molecule has 2 heterocycles. The van der Waals surface area contributed by atoms with Crippen molar-refractivity contribution in [1.82, 2.24) is 5.43 Å². The lowest BCUT2D eigenvalue weighted by molar-refractivity contribution is -0.130. The lowest BCUT2D eigenvalue weighted by Gasteiger charge is -2.25.